The van der Waals surface area contributed by atoms with E-state index in [4.69, 9.17) is 12.6 Å². The molecule has 1 aliphatic rings. The number of rotatable bonds is 4. The average molecular weight is 414 g/mol. The van der Waals surface area contributed by atoms with Crippen molar-refractivity contribution in [2.24, 2.45) is 0 Å². The second-order valence-corrected chi connectivity index (χ2v) is 6.31. The first-order valence-electron chi connectivity index (χ1n) is 6.97. The van der Waals surface area contributed by atoms with Gasteiger partial charge in [-0.05, 0) is 40.5 Å². The molecule has 1 amide bonds. The van der Waals surface area contributed by atoms with Crippen LogP contribution in [-0.4, -0.2) is 47.8 Å². The fourth-order valence-corrected chi connectivity index (χ4v) is 2.50. The number of piperidine rings is 1. The number of carbonyl (C=O) groups is 2. The van der Waals surface area contributed by atoms with Gasteiger partial charge in [-0.25, -0.2) is 12.8 Å². The molecule has 0 aromatic carbocycles. The molecule has 0 aliphatic carbocycles. The van der Waals surface area contributed by atoms with Crippen LogP contribution < -0.4 is 5.48 Å². The Morgan fingerprint density at radius 3 is 2.52 bits per heavy atom. The zero-order chi connectivity index (χ0) is 16.0. The van der Waals surface area contributed by atoms with Crippen molar-refractivity contribution in [2.75, 3.05) is 13.2 Å². The van der Waals surface area contributed by atoms with E-state index < -0.39 is 23.7 Å². The summed E-state index contributed by atoms with van der Waals surface area (Å²) < 4.78 is 15.3. The summed E-state index contributed by atoms with van der Waals surface area (Å²) in [7, 11) is 0. The number of hydrogen-bond acceptors (Lipinski definition) is 6. The summed E-state index contributed by atoms with van der Waals surface area (Å²) in [4.78, 5) is 25.7. The van der Waals surface area contributed by atoms with Crippen molar-refractivity contribution in [3.63, 3.8) is 0 Å². The zero-order valence-electron chi connectivity index (χ0n) is 12.8. The van der Waals surface area contributed by atoms with Crippen molar-refractivity contribution < 1.29 is 22.2 Å². The maximum atomic E-state index is 12.3. The van der Waals surface area contributed by atoms with Crippen molar-refractivity contribution in [3.05, 3.63) is 0 Å². The van der Waals surface area contributed by atoms with E-state index in [0.29, 0.717) is 19.4 Å². The predicted octanol–water partition coefficient (Wildman–Crippen LogP) is 2.19. The number of hydroxylamine groups is 1. The number of hydrogen-bond donors (Lipinski definition) is 1. The SMILES string of the molecule is CCOC(=O)[C@@H]1CC[C@@H](NOI)CN1C(=O)OC(C)(C)C. The van der Waals surface area contributed by atoms with Gasteiger partial charge in [0.2, 0.25) is 0 Å². The molecule has 122 valence electrons. The number of halogens is 1. The van der Waals surface area contributed by atoms with E-state index in [2.05, 4.69) is 5.48 Å². The molecule has 1 aliphatic heterocycles. The maximum absolute atomic E-state index is 12.3. The lowest BCUT2D eigenvalue weighted by molar-refractivity contribution is -0.151. The monoisotopic (exact) mass is 414 g/mol. The Hall–Kier alpha value is -0.610. The number of carbonyl (C=O) groups excluding carboxylic acids is 2. The molecule has 0 bridgehead atoms. The Morgan fingerprint density at radius 2 is 2.00 bits per heavy atom. The highest BCUT2D eigenvalue weighted by atomic mass is 127. The van der Waals surface area contributed by atoms with Crippen LogP contribution in [0.1, 0.15) is 40.5 Å². The number of ether oxygens (including phenoxy) is 2. The van der Waals surface area contributed by atoms with Gasteiger partial charge >= 0.3 is 12.1 Å². The summed E-state index contributed by atoms with van der Waals surface area (Å²) in [5, 5.41) is 0. The van der Waals surface area contributed by atoms with E-state index in [0.717, 1.165) is 0 Å². The van der Waals surface area contributed by atoms with Gasteiger partial charge in [-0.3, -0.25) is 4.90 Å². The van der Waals surface area contributed by atoms with Crippen molar-refractivity contribution in [2.45, 2.75) is 58.2 Å². The smallest absolute Gasteiger partial charge is 0.411 e. The lowest BCUT2D eigenvalue weighted by atomic mass is 9.99. The molecule has 21 heavy (non-hydrogen) atoms. The van der Waals surface area contributed by atoms with Crippen molar-refractivity contribution in [1.82, 2.24) is 10.4 Å². The average Bonchev–Trinajstić information content (AvgIpc) is 2.37. The molecule has 1 fully saturated rings. The minimum absolute atomic E-state index is 0.0416. The third-order valence-corrected chi connectivity index (χ3v) is 3.23. The van der Waals surface area contributed by atoms with Gasteiger partial charge in [0, 0.05) is 6.54 Å². The topological polar surface area (TPSA) is 77.1 Å². The molecular formula is C13H23IN2O5. The molecule has 0 aromatic heterocycles. The maximum Gasteiger partial charge on any atom is 0.411 e. The molecular weight excluding hydrogens is 391 g/mol. The van der Waals surface area contributed by atoms with Crippen LogP contribution in [0.25, 0.3) is 0 Å². The number of nitrogens with zero attached hydrogens (tertiary/aromatic N) is 1. The number of nitrogens with one attached hydrogen (secondary N) is 1. The van der Waals surface area contributed by atoms with Crippen molar-refractivity contribution in [1.29, 1.82) is 0 Å². The van der Waals surface area contributed by atoms with Crippen LogP contribution in [-0.2, 0) is 17.4 Å². The first kappa shape index (κ1) is 18.4. The Morgan fingerprint density at radius 1 is 1.33 bits per heavy atom. The van der Waals surface area contributed by atoms with Crippen LogP contribution in [0.2, 0.25) is 0 Å². The Bertz CT molecular complexity index is 372. The van der Waals surface area contributed by atoms with E-state index in [1.165, 1.54) is 4.90 Å². The normalized spacial score (nSPS) is 22.8. The number of esters is 1. The van der Waals surface area contributed by atoms with Crippen LogP contribution in [0.4, 0.5) is 4.79 Å². The minimum Gasteiger partial charge on any atom is -0.464 e. The molecule has 1 N–H and O–H groups in total. The summed E-state index contributed by atoms with van der Waals surface area (Å²) in [5.74, 6) is -0.391. The minimum atomic E-state index is -0.615. The number of likely N-dealkylation sites (tertiary alicyclic amines) is 1. The Balaban J connectivity index is 2.81. The summed E-state index contributed by atoms with van der Waals surface area (Å²) in [5.41, 5.74) is 2.19. The third kappa shape index (κ3) is 5.95. The zero-order valence-corrected chi connectivity index (χ0v) is 15.0. The molecule has 7 nitrogen and oxygen atoms in total. The molecule has 0 saturated carbocycles. The quantitative estimate of drug-likeness (QED) is 0.432. The van der Waals surface area contributed by atoms with Crippen LogP contribution in [0, 0.1) is 0 Å². The van der Waals surface area contributed by atoms with Gasteiger partial charge in [0.25, 0.3) is 0 Å². The van der Waals surface area contributed by atoms with Gasteiger partial charge in [0.05, 0.1) is 12.6 Å². The van der Waals surface area contributed by atoms with Gasteiger partial charge in [-0.15, -0.1) is 0 Å². The largest absolute Gasteiger partial charge is 0.464 e. The molecule has 0 spiro atoms. The van der Waals surface area contributed by atoms with Crippen LogP contribution in [0.3, 0.4) is 0 Å². The molecule has 1 heterocycles. The second-order valence-electron chi connectivity index (χ2n) is 5.87. The highest BCUT2D eigenvalue weighted by Gasteiger charge is 2.39. The van der Waals surface area contributed by atoms with Gasteiger partial charge in [-0.1, -0.05) is 0 Å². The molecule has 1 rings (SSSR count). The van der Waals surface area contributed by atoms with Crippen molar-refractivity contribution >= 4 is 35.1 Å². The summed E-state index contributed by atoms with van der Waals surface area (Å²) in [6.07, 6.45) is 0.710. The standard InChI is InChI=1S/C13H23IN2O5/c1-5-19-11(17)10-7-6-9(15-21-14)8-16(10)12(18)20-13(2,3)4/h9-10,15H,5-8H2,1-4H3/t9-,10+/m1/s1. The fraction of sp³-hybridized carbons (Fsp3) is 0.846. The van der Waals surface area contributed by atoms with Gasteiger partial charge < -0.3 is 9.47 Å². The summed E-state index contributed by atoms with van der Waals surface area (Å²) in [6, 6.07) is -0.646. The van der Waals surface area contributed by atoms with Crippen LogP contribution in [0.5, 0.6) is 0 Å². The number of amides is 1. The van der Waals surface area contributed by atoms with Gasteiger partial charge in [0.1, 0.15) is 34.6 Å². The lowest BCUT2D eigenvalue weighted by Gasteiger charge is -2.38. The lowest BCUT2D eigenvalue weighted by Crippen LogP contribution is -2.56. The van der Waals surface area contributed by atoms with E-state index >= 15 is 0 Å². The molecule has 0 unspecified atom stereocenters. The van der Waals surface area contributed by atoms with Crippen LogP contribution in [0.15, 0.2) is 0 Å². The summed E-state index contributed by atoms with van der Waals surface area (Å²) >= 11 is 1.73. The molecule has 1 saturated heterocycles. The Labute approximate surface area is 139 Å². The first-order valence-corrected chi connectivity index (χ1v) is 7.86. The third-order valence-electron chi connectivity index (χ3n) is 2.98. The Kier molecular flexibility index (Phi) is 7.14. The van der Waals surface area contributed by atoms with Crippen LogP contribution >= 0.6 is 23.0 Å². The fourth-order valence-electron chi connectivity index (χ4n) is 2.14. The highest BCUT2D eigenvalue weighted by Crippen LogP contribution is 2.22. The van der Waals surface area contributed by atoms with Gasteiger partial charge in [0.15, 0.2) is 0 Å². The predicted molar refractivity (Wildman–Crippen MR) is 84.6 cm³/mol. The molecule has 2 atom stereocenters. The first-order chi connectivity index (χ1) is 9.78. The second kappa shape index (κ2) is 8.14. The van der Waals surface area contributed by atoms with E-state index in [1.807, 2.05) is 0 Å². The molecule has 0 radical (unpaired) electrons. The molecule has 8 heteroatoms. The summed E-state index contributed by atoms with van der Waals surface area (Å²) in [6.45, 7) is 7.73. The highest BCUT2D eigenvalue weighted by molar-refractivity contribution is 14.1. The van der Waals surface area contributed by atoms with E-state index in [1.54, 1.807) is 50.7 Å². The van der Waals surface area contributed by atoms with E-state index in [-0.39, 0.29) is 12.6 Å². The van der Waals surface area contributed by atoms with E-state index in [9.17, 15) is 9.59 Å². The molecule has 0 aromatic rings. The van der Waals surface area contributed by atoms with Gasteiger partial charge in [-0.2, -0.15) is 5.48 Å². The van der Waals surface area contributed by atoms with Crippen molar-refractivity contribution in [3.8, 4) is 0 Å².